The number of oxazole rings is 1. The van der Waals surface area contributed by atoms with Crippen LogP contribution in [0, 0.1) is 0 Å². The van der Waals surface area contributed by atoms with Crippen LogP contribution in [0.3, 0.4) is 0 Å². The number of benzene rings is 1. The molecule has 4 N–H and O–H groups in total. The second-order valence-corrected chi connectivity index (χ2v) is 3.73. The van der Waals surface area contributed by atoms with E-state index in [0.29, 0.717) is 28.5 Å². The summed E-state index contributed by atoms with van der Waals surface area (Å²) in [6.07, 6.45) is 1.55. The van der Waals surface area contributed by atoms with E-state index in [-0.39, 0.29) is 0 Å². The van der Waals surface area contributed by atoms with E-state index in [1.54, 1.807) is 24.4 Å². The van der Waals surface area contributed by atoms with Gasteiger partial charge in [0.2, 0.25) is 5.89 Å². The van der Waals surface area contributed by atoms with E-state index in [4.69, 9.17) is 15.9 Å². The number of anilines is 2. The number of rotatable bonds is 1. The van der Waals surface area contributed by atoms with Crippen LogP contribution in [0.2, 0.25) is 0 Å². The van der Waals surface area contributed by atoms with E-state index in [0.717, 1.165) is 5.56 Å². The Bertz CT molecular complexity index is 673. The van der Waals surface area contributed by atoms with Crippen LogP contribution in [0.15, 0.2) is 40.9 Å². The summed E-state index contributed by atoms with van der Waals surface area (Å²) < 4.78 is 5.58. The lowest BCUT2D eigenvalue weighted by atomic mass is 10.2. The summed E-state index contributed by atoms with van der Waals surface area (Å²) in [4.78, 5) is 8.37. The van der Waals surface area contributed by atoms with E-state index in [2.05, 4.69) is 9.97 Å². The molecule has 0 atom stereocenters. The molecule has 0 aliphatic rings. The highest BCUT2D eigenvalue weighted by Crippen LogP contribution is 2.24. The molecule has 84 valence electrons. The van der Waals surface area contributed by atoms with Crippen molar-refractivity contribution in [1.82, 2.24) is 9.97 Å². The maximum absolute atomic E-state index is 5.62. The first kappa shape index (κ1) is 9.65. The lowest BCUT2D eigenvalue weighted by Crippen LogP contribution is -1.85. The zero-order valence-corrected chi connectivity index (χ0v) is 8.92. The number of nitrogens with two attached hydrogens (primary N) is 2. The smallest absolute Gasteiger partial charge is 0.228 e. The molecule has 0 fully saturated rings. The summed E-state index contributed by atoms with van der Waals surface area (Å²) in [5.41, 5.74) is 14.5. The van der Waals surface area contributed by atoms with Crippen LogP contribution >= 0.6 is 0 Å². The van der Waals surface area contributed by atoms with Crippen LogP contribution in [0.25, 0.3) is 22.7 Å². The summed E-state index contributed by atoms with van der Waals surface area (Å²) in [7, 11) is 0. The maximum Gasteiger partial charge on any atom is 0.228 e. The molecule has 5 heteroatoms. The Labute approximate surface area is 97.1 Å². The van der Waals surface area contributed by atoms with Crippen molar-refractivity contribution in [1.29, 1.82) is 0 Å². The number of nitrogen functional groups attached to an aromatic ring is 2. The van der Waals surface area contributed by atoms with Crippen LogP contribution in [0.5, 0.6) is 0 Å². The summed E-state index contributed by atoms with van der Waals surface area (Å²) >= 11 is 0. The van der Waals surface area contributed by atoms with E-state index in [1.807, 2.05) is 12.1 Å². The van der Waals surface area contributed by atoms with Crippen molar-refractivity contribution < 1.29 is 4.42 Å². The first-order valence-corrected chi connectivity index (χ1v) is 5.10. The van der Waals surface area contributed by atoms with Crippen LogP contribution in [0.1, 0.15) is 0 Å². The molecule has 2 heterocycles. The van der Waals surface area contributed by atoms with Gasteiger partial charge in [-0.05, 0) is 24.3 Å². The topological polar surface area (TPSA) is 91.0 Å². The fourth-order valence-corrected chi connectivity index (χ4v) is 1.58. The number of pyridine rings is 1. The van der Waals surface area contributed by atoms with Crippen molar-refractivity contribution >= 4 is 22.6 Å². The largest absolute Gasteiger partial charge is 0.434 e. The molecule has 0 radical (unpaired) electrons. The van der Waals surface area contributed by atoms with Crippen molar-refractivity contribution in [2.45, 2.75) is 0 Å². The minimum absolute atomic E-state index is 0.512. The molecule has 5 nitrogen and oxygen atoms in total. The molecule has 0 saturated carbocycles. The Hall–Kier alpha value is -2.56. The summed E-state index contributed by atoms with van der Waals surface area (Å²) in [5, 5.41) is 0. The Morgan fingerprint density at radius 2 is 1.76 bits per heavy atom. The average Bonchev–Trinajstić information content (AvgIpc) is 2.72. The van der Waals surface area contributed by atoms with Crippen molar-refractivity contribution in [3.63, 3.8) is 0 Å². The molecular weight excluding hydrogens is 216 g/mol. The second-order valence-electron chi connectivity index (χ2n) is 3.73. The van der Waals surface area contributed by atoms with E-state index in [9.17, 15) is 0 Å². The van der Waals surface area contributed by atoms with Crippen LogP contribution in [-0.4, -0.2) is 9.97 Å². The molecule has 3 rings (SSSR count). The number of nitrogens with zero attached hydrogens (tertiary/aromatic N) is 2. The van der Waals surface area contributed by atoms with Crippen molar-refractivity contribution in [3.05, 3.63) is 36.5 Å². The SMILES string of the molecule is Nc1ccc(-c2nc3ncc(N)cc3o2)cc1. The molecule has 0 amide bonds. The zero-order valence-electron chi connectivity index (χ0n) is 8.92. The standard InChI is InChI=1S/C12H10N4O/c13-8-3-1-7(2-4-8)12-16-11-10(17-12)5-9(14)6-15-11/h1-6H,13-14H2. The zero-order chi connectivity index (χ0) is 11.8. The predicted octanol–water partition coefficient (Wildman–Crippen LogP) is 2.05. The van der Waals surface area contributed by atoms with E-state index < -0.39 is 0 Å². The van der Waals surface area contributed by atoms with Gasteiger partial charge in [0.05, 0.1) is 11.9 Å². The Morgan fingerprint density at radius 3 is 2.53 bits per heavy atom. The molecule has 0 spiro atoms. The van der Waals surface area contributed by atoms with Gasteiger partial charge in [0, 0.05) is 17.3 Å². The quantitative estimate of drug-likeness (QED) is 0.619. The second kappa shape index (κ2) is 3.48. The van der Waals surface area contributed by atoms with E-state index in [1.165, 1.54) is 0 Å². The molecule has 2 aromatic heterocycles. The maximum atomic E-state index is 5.62. The van der Waals surface area contributed by atoms with Crippen molar-refractivity contribution in [2.75, 3.05) is 11.5 Å². The Balaban J connectivity index is 2.14. The Morgan fingerprint density at radius 1 is 1.00 bits per heavy atom. The summed E-state index contributed by atoms with van der Waals surface area (Å²) in [6, 6.07) is 9.00. The summed E-state index contributed by atoms with van der Waals surface area (Å²) in [5.74, 6) is 0.512. The highest BCUT2D eigenvalue weighted by atomic mass is 16.3. The lowest BCUT2D eigenvalue weighted by Gasteiger charge is -1.95. The van der Waals surface area contributed by atoms with Gasteiger partial charge in [-0.25, -0.2) is 4.98 Å². The first-order chi connectivity index (χ1) is 8.22. The first-order valence-electron chi connectivity index (χ1n) is 5.10. The third-order valence-corrected chi connectivity index (χ3v) is 2.43. The molecule has 3 aromatic rings. The van der Waals surface area contributed by atoms with Crippen LogP contribution in [0.4, 0.5) is 11.4 Å². The molecule has 0 saturated heterocycles. The highest BCUT2D eigenvalue weighted by Gasteiger charge is 2.08. The summed E-state index contributed by atoms with van der Waals surface area (Å²) in [6.45, 7) is 0. The van der Waals surface area contributed by atoms with E-state index >= 15 is 0 Å². The number of hydrogen-bond acceptors (Lipinski definition) is 5. The predicted molar refractivity (Wildman–Crippen MR) is 66.1 cm³/mol. The molecular formula is C12H10N4O. The molecule has 1 aromatic carbocycles. The number of fused-ring (bicyclic) bond motifs is 1. The highest BCUT2D eigenvalue weighted by molar-refractivity contribution is 5.75. The third-order valence-electron chi connectivity index (χ3n) is 2.43. The third kappa shape index (κ3) is 1.67. The molecule has 0 aliphatic carbocycles. The van der Waals surface area contributed by atoms with Crippen LogP contribution in [-0.2, 0) is 0 Å². The fourth-order valence-electron chi connectivity index (χ4n) is 1.58. The van der Waals surface area contributed by atoms with Gasteiger partial charge in [-0.1, -0.05) is 0 Å². The van der Waals surface area contributed by atoms with Gasteiger partial charge in [0.15, 0.2) is 11.2 Å². The average molecular weight is 226 g/mol. The van der Waals surface area contributed by atoms with Gasteiger partial charge >= 0.3 is 0 Å². The van der Waals surface area contributed by atoms with Crippen molar-refractivity contribution in [3.8, 4) is 11.5 Å². The van der Waals surface area contributed by atoms with Crippen LogP contribution < -0.4 is 11.5 Å². The van der Waals surface area contributed by atoms with Gasteiger partial charge in [0.25, 0.3) is 0 Å². The normalized spacial score (nSPS) is 10.8. The number of aromatic nitrogens is 2. The van der Waals surface area contributed by atoms with Gasteiger partial charge in [0.1, 0.15) is 0 Å². The minimum atomic E-state index is 0.512. The Kier molecular flexibility index (Phi) is 1.98. The molecule has 0 aliphatic heterocycles. The molecule has 0 unspecified atom stereocenters. The van der Waals surface area contributed by atoms with Gasteiger partial charge in [-0.3, -0.25) is 0 Å². The van der Waals surface area contributed by atoms with Gasteiger partial charge < -0.3 is 15.9 Å². The molecule has 0 bridgehead atoms. The monoisotopic (exact) mass is 226 g/mol. The minimum Gasteiger partial charge on any atom is -0.434 e. The van der Waals surface area contributed by atoms with Gasteiger partial charge in [-0.2, -0.15) is 4.98 Å². The fraction of sp³-hybridized carbons (Fsp3) is 0. The molecule has 17 heavy (non-hydrogen) atoms. The number of hydrogen-bond donors (Lipinski definition) is 2. The van der Waals surface area contributed by atoms with Crippen molar-refractivity contribution in [2.24, 2.45) is 0 Å². The van der Waals surface area contributed by atoms with Gasteiger partial charge in [-0.15, -0.1) is 0 Å². The lowest BCUT2D eigenvalue weighted by molar-refractivity contribution is 0.620.